The number of hydrogen-bond acceptors (Lipinski definition) is 3. The second-order valence-electron chi connectivity index (χ2n) is 9.03. The number of benzene rings is 1. The van der Waals surface area contributed by atoms with Crippen molar-refractivity contribution in [3.8, 4) is 0 Å². The Hall–Kier alpha value is -1.84. The largest absolute Gasteiger partial charge is 0.460 e. The van der Waals surface area contributed by atoms with Crippen LogP contribution in [0.5, 0.6) is 0 Å². The maximum absolute atomic E-state index is 12.6. The van der Waals surface area contributed by atoms with Gasteiger partial charge in [0.05, 0.1) is 5.41 Å². The third kappa shape index (κ3) is 8.90. The first-order chi connectivity index (χ1) is 13.2. The quantitative estimate of drug-likeness (QED) is 0.350. The van der Waals surface area contributed by atoms with Crippen molar-refractivity contribution in [2.75, 3.05) is 6.54 Å². The van der Waals surface area contributed by atoms with Gasteiger partial charge in [0, 0.05) is 12.0 Å². The first kappa shape index (κ1) is 24.2. The highest BCUT2D eigenvalue weighted by Crippen LogP contribution is 2.35. The minimum absolute atomic E-state index is 0.00462. The van der Waals surface area contributed by atoms with Crippen molar-refractivity contribution < 1.29 is 14.3 Å². The van der Waals surface area contributed by atoms with Crippen molar-refractivity contribution in [2.24, 2.45) is 10.8 Å². The fraction of sp³-hybridized carbons (Fsp3) is 0.667. The Kier molecular flexibility index (Phi) is 10.3. The number of ether oxygens (including phenoxy) is 1. The molecule has 1 N–H and O–H groups in total. The van der Waals surface area contributed by atoms with Gasteiger partial charge < -0.3 is 10.1 Å². The molecule has 158 valence electrons. The fourth-order valence-electron chi connectivity index (χ4n) is 3.52. The van der Waals surface area contributed by atoms with Crippen LogP contribution in [0, 0.1) is 10.8 Å². The standard InChI is InChI=1S/C24H39NO3/c1-6-7-8-9-10-14-17-25-21(26)23(2,3)19-24(4,5)22(27)28-18-20-15-12-11-13-16-20/h11-13,15-16H,6-10,14,17-19H2,1-5H3,(H,25,26). The van der Waals surface area contributed by atoms with E-state index < -0.39 is 10.8 Å². The normalized spacial score (nSPS) is 11.9. The lowest BCUT2D eigenvalue weighted by Crippen LogP contribution is -2.42. The van der Waals surface area contributed by atoms with E-state index in [2.05, 4.69) is 12.2 Å². The summed E-state index contributed by atoms with van der Waals surface area (Å²) in [6, 6.07) is 9.64. The Bertz CT molecular complexity index is 593. The Labute approximate surface area is 171 Å². The average Bonchev–Trinajstić information content (AvgIpc) is 2.65. The van der Waals surface area contributed by atoms with Crippen LogP contribution in [0.2, 0.25) is 0 Å². The van der Waals surface area contributed by atoms with Crippen molar-refractivity contribution in [3.63, 3.8) is 0 Å². The van der Waals surface area contributed by atoms with E-state index in [1.54, 1.807) is 0 Å². The molecule has 0 aliphatic rings. The molecule has 1 aromatic carbocycles. The van der Waals surface area contributed by atoms with Crippen molar-refractivity contribution in [1.82, 2.24) is 5.32 Å². The van der Waals surface area contributed by atoms with E-state index in [1.165, 1.54) is 25.7 Å². The van der Waals surface area contributed by atoms with Gasteiger partial charge in [0.25, 0.3) is 0 Å². The first-order valence-corrected chi connectivity index (χ1v) is 10.7. The van der Waals surface area contributed by atoms with E-state index in [4.69, 9.17) is 4.74 Å². The zero-order chi connectivity index (χ0) is 21.0. The van der Waals surface area contributed by atoms with Gasteiger partial charge in [0.2, 0.25) is 5.91 Å². The molecule has 0 heterocycles. The van der Waals surface area contributed by atoms with Crippen LogP contribution in [0.15, 0.2) is 30.3 Å². The van der Waals surface area contributed by atoms with Gasteiger partial charge in [0.1, 0.15) is 6.61 Å². The van der Waals surface area contributed by atoms with E-state index in [1.807, 2.05) is 58.0 Å². The minimum atomic E-state index is -0.726. The number of unbranched alkanes of at least 4 members (excludes halogenated alkanes) is 5. The Morgan fingerprint density at radius 1 is 0.893 bits per heavy atom. The van der Waals surface area contributed by atoms with E-state index in [0.29, 0.717) is 13.0 Å². The number of hydrogen-bond donors (Lipinski definition) is 1. The maximum Gasteiger partial charge on any atom is 0.311 e. The summed E-state index contributed by atoms with van der Waals surface area (Å²) >= 11 is 0. The van der Waals surface area contributed by atoms with Crippen LogP contribution in [-0.4, -0.2) is 18.4 Å². The molecule has 0 aliphatic heterocycles. The molecule has 4 heteroatoms. The van der Waals surface area contributed by atoms with Gasteiger partial charge in [-0.2, -0.15) is 0 Å². The molecule has 0 spiro atoms. The van der Waals surface area contributed by atoms with Crippen molar-refractivity contribution in [2.45, 2.75) is 86.2 Å². The smallest absolute Gasteiger partial charge is 0.311 e. The predicted molar refractivity (Wildman–Crippen MR) is 115 cm³/mol. The molecule has 28 heavy (non-hydrogen) atoms. The zero-order valence-corrected chi connectivity index (χ0v) is 18.5. The molecule has 0 radical (unpaired) electrons. The number of carbonyl (C=O) groups excluding carboxylic acids is 2. The summed E-state index contributed by atoms with van der Waals surface area (Å²) in [6.07, 6.45) is 7.63. The average molecular weight is 390 g/mol. The molecular weight excluding hydrogens is 350 g/mol. The molecular formula is C24H39NO3. The van der Waals surface area contributed by atoms with Crippen LogP contribution in [0.4, 0.5) is 0 Å². The number of carbonyl (C=O) groups is 2. The summed E-state index contributed by atoms with van der Waals surface area (Å²) in [4.78, 5) is 25.2. The molecule has 0 saturated carbocycles. The van der Waals surface area contributed by atoms with Gasteiger partial charge in [-0.05, 0) is 32.3 Å². The number of rotatable bonds is 13. The monoisotopic (exact) mass is 389 g/mol. The highest BCUT2D eigenvalue weighted by molar-refractivity contribution is 5.83. The highest BCUT2D eigenvalue weighted by Gasteiger charge is 2.39. The lowest BCUT2D eigenvalue weighted by Gasteiger charge is -2.32. The van der Waals surface area contributed by atoms with E-state index >= 15 is 0 Å². The van der Waals surface area contributed by atoms with Crippen LogP contribution in [0.1, 0.15) is 85.1 Å². The second kappa shape index (κ2) is 11.9. The van der Waals surface area contributed by atoms with E-state index in [0.717, 1.165) is 18.4 Å². The third-order valence-electron chi connectivity index (χ3n) is 5.08. The summed E-state index contributed by atoms with van der Waals surface area (Å²) in [7, 11) is 0. The lowest BCUT2D eigenvalue weighted by molar-refractivity contribution is -0.157. The third-order valence-corrected chi connectivity index (χ3v) is 5.08. The molecule has 0 saturated heterocycles. The number of esters is 1. The molecule has 1 amide bonds. The van der Waals surface area contributed by atoms with Crippen molar-refractivity contribution in [1.29, 1.82) is 0 Å². The molecule has 0 bridgehead atoms. The van der Waals surface area contributed by atoms with Gasteiger partial charge in [0.15, 0.2) is 0 Å². The minimum Gasteiger partial charge on any atom is -0.460 e. The van der Waals surface area contributed by atoms with Crippen LogP contribution in [0.25, 0.3) is 0 Å². The summed E-state index contributed by atoms with van der Waals surface area (Å²) in [6.45, 7) is 10.7. The molecule has 0 aromatic heterocycles. The second-order valence-corrected chi connectivity index (χ2v) is 9.03. The van der Waals surface area contributed by atoms with Crippen LogP contribution >= 0.6 is 0 Å². The fourth-order valence-corrected chi connectivity index (χ4v) is 3.52. The summed E-state index contributed by atoms with van der Waals surface area (Å²) in [5.41, 5.74) is -0.393. The Morgan fingerprint density at radius 3 is 2.14 bits per heavy atom. The summed E-state index contributed by atoms with van der Waals surface area (Å²) in [5.74, 6) is -0.266. The molecule has 0 atom stereocenters. The van der Waals surface area contributed by atoms with Crippen molar-refractivity contribution in [3.05, 3.63) is 35.9 Å². The SMILES string of the molecule is CCCCCCCCNC(=O)C(C)(C)CC(C)(C)C(=O)OCc1ccccc1. The van der Waals surface area contributed by atoms with Gasteiger partial charge in [-0.3, -0.25) is 9.59 Å². The molecule has 0 unspecified atom stereocenters. The lowest BCUT2D eigenvalue weighted by atomic mass is 9.74. The maximum atomic E-state index is 12.6. The van der Waals surface area contributed by atoms with Crippen LogP contribution in [-0.2, 0) is 20.9 Å². The summed E-state index contributed by atoms with van der Waals surface area (Å²) in [5, 5.41) is 3.04. The summed E-state index contributed by atoms with van der Waals surface area (Å²) < 4.78 is 5.49. The van der Waals surface area contributed by atoms with E-state index in [9.17, 15) is 9.59 Å². The van der Waals surface area contributed by atoms with Gasteiger partial charge in [-0.1, -0.05) is 83.2 Å². The molecule has 1 rings (SSSR count). The van der Waals surface area contributed by atoms with Crippen LogP contribution < -0.4 is 5.32 Å². The van der Waals surface area contributed by atoms with Gasteiger partial charge >= 0.3 is 5.97 Å². The van der Waals surface area contributed by atoms with Crippen LogP contribution in [0.3, 0.4) is 0 Å². The van der Waals surface area contributed by atoms with Crippen molar-refractivity contribution >= 4 is 11.9 Å². The Morgan fingerprint density at radius 2 is 1.50 bits per heavy atom. The van der Waals surface area contributed by atoms with Gasteiger partial charge in [-0.25, -0.2) is 0 Å². The molecule has 1 aromatic rings. The molecule has 4 nitrogen and oxygen atoms in total. The molecule has 0 fully saturated rings. The first-order valence-electron chi connectivity index (χ1n) is 10.7. The number of nitrogens with one attached hydrogen (secondary N) is 1. The topological polar surface area (TPSA) is 55.4 Å². The number of amides is 1. The van der Waals surface area contributed by atoms with E-state index in [-0.39, 0.29) is 18.5 Å². The Balaban J connectivity index is 2.41. The zero-order valence-electron chi connectivity index (χ0n) is 18.5. The molecule has 0 aliphatic carbocycles. The predicted octanol–water partition coefficient (Wildman–Crippen LogP) is 5.65. The van der Waals surface area contributed by atoms with Gasteiger partial charge in [-0.15, -0.1) is 0 Å². The highest BCUT2D eigenvalue weighted by atomic mass is 16.5.